The van der Waals surface area contributed by atoms with Crippen molar-refractivity contribution in [1.29, 1.82) is 0 Å². The summed E-state index contributed by atoms with van der Waals surface area (Å²) in [6.45, 7) is 3.89. The van der Waals surface area contributed by atoms with Gasteiger partial charge in [-0.15, -0.1) is 11.3 Å². The van der Waals surface area contributed by atoms with Gasteiger partial charge in [-0.3, -0.25) is 0 Å². The van der Waals surface area contributed by atoms with E-state index in [9.17, 15) is 8.78 Å². The first-order valence-electron chi connectivity index (χ1n) is 5.35. The van der Waals surface area contributed by atoms with E-state index in [4.69, 9.17) is 0 Å². The van der Waals surface area contributed by atoms with Crippen LogP contribution in [0.15, 0.2) is 30.3 Å². The summed E-state index contributed by atoms with van der Waals surface area (Å²) >= 11 is 1.62. The summed E-state index contributed by atoms with van der Waals surface area (Å²) in [5.74, 6) is -1.13. The molecular formula is C13H13F2NS. The molecule has 1 N–H and O–H groups in total. The minimum atomic E-state index is -0.565. The molecule has 0 saturated carbocycles. The van der Waals surface area contributed by atoms with E-state index in [1.807, 2.05) is 26.0 Å². The second-order valence-electron chi connectivity index (χ2n) is 3.91. The number of hydrogen-bond donors (Lipinski definition) is 1. The first-order valence-corrected chi connectivity index (χ1v) is 6.16. The third-order valence-electron chi connectivity index (χ3n) is 2.51. The Labute approximate surface area is 103 Å². The first-order chi connectivity index (χ1) is 8.08. The first kappa shape index (κ1) is 12.0. The fraction of sp³-hybridized carbons (Fsp3) is 0.231. The molecule has 0 bridgehead atoms. The maximum Gasteiger partial charge on any atom is 0.149 e. The van der Waals surface area contributed by atoms with Crippen molar-refractivity contribution in [3.8, 4) is 0 Å². The lowest BCUT2D eigenvalue weighted by atomic mass is 10.2. The van der Waals surface area contributed by atoms with Crippen LogP contribution < -0.4 is 5.32 Å². The van der Waals surface area contributed by atoms with Crippen LogP contribution in [0.1, 0.15) is 22.7 Å². The maximum absolute atomic E-state index is 13.4. The summed E-state index contributed by atoms with van der Waals surface area (Å²) in [7, 11) is 0. The van der Waals surface area contributed by atoms with Crippen molar-refractivity contribution in [3.05, 3.63) is 51.7 Å². The number of thiophene rings is 1. The van der Waals surface area contributed by atoms with Gasteiger partial charge in [-0.2, -0.15) is 0 Å². The predicted molar refractivity (Wildman–Crippen MR) is 67.5 cm³/mol. The van der Waals surface area contributed by atoms with Crippen LogP contribution in [0.3, 0.4) is 0 Å². The van der Waals surface area contributed by atoms with Crippen LogP contribution in [0, 0.1) is 18.6 Å². The molecule has 90 valence electrons. The minimum absolute atomic E-state index is 0.0638. The average molecular weight is 253 g/mol. The predicted octanol–water partition coefficient (Wildman–Crippen LogP) is 4.51. The third kappa shape index (κ3) is 2.64. The second kappa shape index (κ2) is 4.84. The lowest BCUT2D eigenvalue weighted by Crippen LogP contribution is -2.08. The summed E-state index contributed by atoms with van der Waals surface area (Å²) in [6.07, 6.45) is 0. The lowest BCUT2D eigenvalue weighted by molar-refractivity contribution is 0.585. The van der Waals surface area contributed by atoms with Crippen LogP contribution >= 0.6 is 11.3 Å². The smallest absolute Gasteiger partial charge is 0.149 e. The van der Waals surface area contributed by atoms with Crippen LogP contribution in [-0.4, -0.2) is 0 Å². The molecule has 1 atom stereocenters. The number of para-hydroxylation sites is 1. The molecule has 0 saturated heterocycles. The standard InChI is InChI=1S/C13H13F2NS/c1-8-6-7-12(17-8)9(2)16-13-10(14)4-3-5-11(13)15/h3-7,9,16H,1-2H3. The van der Waals surface area contributed by atoms with Gasteiger partial charge in [0, 0.05) is 9.75 Å². The van der Waals surface area contributed by atoms with Gasteiger partial charge in [-0.25, -0.2) is 8.78 Å². The van der Waals surface area contributed by atoms with Gasteiger partial charge in [0.25, 0.3) is 0 Å². The zero-order valence-corrected chi connectivity index (χ0v) is 10.4. The van der Waals surface area contributed by atoms with Gasteiger partial charge < -0.3 is 5.32 Å². The Kier molecular flexibility index (Phi) is 3.43. The maximum atomic E-state index is 13.4. The van der Waals surface area contributed by atoms with Crippen molar-refractivity contribution < 1.29 is 8.78 Å². The Morgan fingerprint density at radius 3 is 2.29 bits per heavy atom. The van der Waals surface area contributed by atoms with Crippen molar-refractivity contribution in [2.24, 2.45) is 0 Å². The molecular weight excluding hydrogens is 240 g/mol. The Balaban J connectivity index is 2.21. The molecule has 0 aliphatic heterocycles. The van der Waals surface area contributed by atoms with Crippen molar-refractivity contribution in [3.63, 3.8) is 0 Å². The number of aryl methyl sites for hydroxylation is 1. The van der Waals surface area contributed by atoms with E-state index in [2.05, 4.69) is 5.32 Å². The largest absolute Gasteiger partial charge is 0.373 e. The number of nitrogens with one attached hydrogen (secondary N) is 1. The van der Waals surface area contributed by atoms with E-state index in [1.54, 1.807) is 11.3 Å². The number of anilines is 1. The normalized spacial score (nSPS) is 12.5. The molecule has 0 aliphatic rings. The van der Waals surface area contributed by atoms with E-state index < -0.39 is 11.6 Å². The molecule has 0 amide bonds. The Hall–Kier alpha value is -1.42. The average Bonchev–Trinajstić information content (AvgIpc) is 2.70. The molecule has 17 heavy (non-hydrogen) atoms. The number of halogens is 2. The SMILES string of the molecule is Cc1ccc(C(C)Nc2c(F)cccc2F)s1. The molecule has 0 spiro atoms. The number of rotatable bonds is 3. The Bertz CT molecular complexity index is 502. The second-order valence-corrected chi connectivity index (χ2v) is 5.23. The van der Waals surface area contributed by atoms with Gasteiger partial charge in [0.05, 0.1) is 6.04 Å². The highest BCUT2D eigenvalue weighted by Crippen LogP contribution is 2.28. The fourth-order valence-electron chi connectivity index (χ4n) is 1.61. The number of hydrogen-bond acceptors (Lipinski definition) is 2. The molecule has 0 fully saturated rings. The van der Waals surface area contributed by atoms with Crippen molar-refractivity contribution in [2.75, 3.05) is 5.32 Å². The van der Waals surface area contributed by atoms with Crippen LogP contribution in [0.2, 0.25) is 0 Å². The van der Waals surface area contributed by atoms with E-state index in [0.717, 1.165) is 4.88 Å². The quantitative estimate of drug-likeness (QED) is 0.848. The molecule has 2 rings (SSSR count). The number of benzene rings is 1. The highest BCUT2D eigenvalue weighted by atomic mass is 32.1. The zero-order valence-electron chi connectivity index (χ0n) is 9.63. The van der Waals surface area contributed by atoms with Crippen LogP contribution in [0.4, 0.5) is 14.5 Å². The molecule has 0 radical (unpaired) electrons. The van der Waals surface area contributed by atoms with E-state index >= 15 is 0 Å². The summed E-state index contributed by atoms with van der Waals surface area (Å²) in [5, 5.41) is 2.87. The monoisotopic (exact) mass is 253 g/mol. The van der Waals surface area contributed by atoms with Crippen molar-refractivity contribution in [1.82, 2.24) is 0 Å². The highest BCUT2D eigenvalue weighted by molar-refractivity contribution is 7.12. The van der Waals surface area contributed by atoms with Crippen LogP contribution in [0.25, 0.3) is 0 Å². The topological polar surface area (TPSA) is 12.0 Å². The molecule has 1 unspecified atom stereocenters. The third-order valence-corrected chi connectivity index (χ3v) is 3.69. The minimum Gasteiger partial charge on any atom is -0.373 e. The fourth-order valence-corrected chi connectivity index (χ4v) is 2.49. The summed E-state index contributed by atoms with van der Waals surface area (Å²) in [5.41, 5.74) is -0.0638. The molecule has 0 aliphatic carbocycles. The van der Waals surface area contributed by atoms with Gasteiger partial charge in [-0.1, -0.05) is 6.07 Å². The highest BCUT2D eigenvalue weighted by Gasteiger charge is 2.13. The van der Waals surface area contributed by atoms with E-state index in [-0.39, 0.29) is 11.7 Å². The van der Waals surface area contributed by atoms with Gasteiger partial charge in [0.2, 0.25) is 0 Å². The van der Waals surface area contributed by atoms with Gasteiger partial charge in [0.1, 0.15) is 17.3 Å². The van der Waals surface area contributed by atoms with Crippen LogP contribution in [-0.2, 0) is 0 Å². The van der Waals surface area contributed by atoms with Gasteiger partial charge >= 0.3 is 0 Å². The van der Waals surface area contributed by atoms with Crippen LogP contribution in [0.5, 0.6) is 0 Å². The van der Waals surface area contributed by atoms with E-state index in [1.165, 1.54) is 23.1 Å². The summed E-state index contributed by atoms with van der Waals surface area (Å²) in [4.78, 5) is 2.24. The molecule has 1 aromatic carbocycles. The van der Waals surface area contributed by atoms with E-state index in [0.29, 0.717) is 0 Å². The van der Waals surface area contributed by atoms with Gasteiger partial charge in [-0.05, 0) is 38.1 Å². The molecule has 2 aromatic rings. The van der Waals surface area contributed by atoms with Crippen molar-refractivity contribution >= 4 is 17.0 Å². The summed E-state index contributed by atoms with van der Waals surface area (Å²) in [6, 6.07) is 7.71. The summed E-state index contributed by atoms with van der Waals surface area (Å²) < 4.78 is 26.9. The molecule has 1 heterocycles. The Morgan fingerprint density at radius 1 is 1.12 bits per heavy atom. The Morgan fingerprint density at radius 2 is 1.76 bits per heavy atom. The van der Waals surface area contributed by atoms with Gasteiger partial charge in [0.15, 0.2) is 0 Å². The zero-order chi connectivity index (χ0) is 12.4. The molecule has 4 heteroatoms. The van der Waals surface area contributed by atoms with Crippen molar-refractivity contribution in [2.45, 2.75) is 19.9 Å². The molecule has 1 aromatic heterocycles. The molecule has 1 nitrogen and oxygen atoms in total. The lowest BCUT2D eigenvalue weighted by Gasteiger charge is -2.14.